The third-order valence-corrected chi connectivity index (χ3v) is 12.1. The Kier molecular flexibility index (Phi) is 10.4. The first kappa shape index (κ1) is 34.9. The van der Waals surface area contributed by atoms with Crippen molar-refractivity contribution in [3.63, 3.8) is 0 Å². The summed E-state index contributed by atoms with van der Waals surface area (Å²) >= 11 is 0. The van der Waals surface area contributed by atoms with Crippen molar-refractivity contribution in [2.24, 2.45) is 40.7 Å². The Morgan fingerprint density at radius 1 is 0.857 bits per heavy atom. The summed E-state index contributed by atoms with van der Waals surface area (Å²) in [6.07, 6.45) is 15.4. The van der Waals surface area contributed by atoms with E-state index in [1.807, 2.05) is 0 Å². The number of rotatable bonds is 13. The van der Waals surface area contributed by atoms with Crippen LogP contribution in [0.3, 0.4) is 0 Å². The molecule has 13 heteroatoms. The molecule has 5 amide bonds. The van der Waals surface area contributed by atoms with E-state index in [0.717, 1.165) is 77.0 Å². The highest BCUT2D eigenvalue weighted by molar-refractivity contribution is 6.37. The first-order valence-corrected chi connectivity index (χ1v) is 18.3. The van der Waals surface area contributed by atoms with Gasteiger partial charge in [0.2, 0.25) is 23.5 Å². The Morgan fingerprint density at radius 2 is 1.49 bits per heavy atom. The lowest BCUT2D eigenvalue weighted by molar-refractivity contribution is -0.146. The van der Waals surface area contributed by atoms with Gasteiger partial charge in [-0.3, -0.25) is 33.8 Å². The van der Waals surface area contributed by atoms with Crippen molar-refractivity contribution in [3.05, 3.63) is 24.3 Å². The fraction of sp³-hybridized carbons (Fsp3) is 0.722. The number of hydrogen-bond donors (Lipinski definition) is 4. The summed E-state index contributed by atoms with van der Waals surface area (Å²) in [5.74, 6) is -3.60. The van der Waals surface area contributed by atoms with Crippen LogP contribution in [-0.4, -0.2) is 80.9 Å². The number of fused-ring (bicyclic) bond motifs is 1. The number of Topliss-reactive ketones (excluding diaryl/α,β-unsaturated/α-hetero) is 1. The molecule has 1 aromatic rings. The monoisotopic (exact) mass is 677 g/mol. The third-order valence-electron chi connectivity index (χ3n) is 12.1. The zero-order valence-corrected chi connectivity index (χ0v) is 28.7. The molecule has 6 atom stereocenters. The zero-order chi connectivity index (χ0) is 34.9. The van der Waals surface area contributed by atoms with Crippen LogP contribution in [0.15, 0.2) is 18.6 Å². The SMILES string of the molecule is CC1(C)[C@@H]2[C@@H](C(=O)NC(CC3CC3)C(=O)C(N)=O)N(C(=O)[C@@H](NC(=O)[C@@H](NC(=O)c3cnccn3)C3CCCCC3)C3CCCCC3)C[C@@H]21. The summed E-state index contributed by atoms with van der Waals surface area (Å²) in [5.41, 5.74) is 5.28. The maximum absolute atomic E-state index is 14.7. The van der Waals surface area contributed by atoms with Gasteiger partial charge in [-0.25, -0.2) is 4.98 Å². The lowest BCUT2D eigenvalue weighted by atomic mass is 9.81. The number of hydrogen-bond acceptors (Lipinski definition) is 8. The molecule has 1 aromatic heterocycles. The van der Waals surface area contributed by atoms with Crippen LogP contribution in [0.5, 0.6) is 0 Å². The number of carbonyl (C=O) groups is 6. The van der Waals surface area contributed by atoms with Crippen LogP contribution in [0, 0.1) is 35.0 Å². The number of ketones is 1. The first-order valence-electron chi connectivity index (χ1n) is 18.3. The van der Waals surface area contributed by atoms with E-state index in [1.54, 1.807) is 4.90 Å². The number of piperidine rings is 1. The van der Waals surface area contributed by atoms with E-state index in [-0.39, 0.29) is 46.6 Å². The highest BCUT2D eigenvalue weighted by Gasteiger charge is 2.69. The van der Waals surface area contributed by atoms with Gasteiger partial charge in [0.15, 0.2) is 0 Å². The van der Waals surface area contributed by atoms with Crippen LogP contribution < -0.4 is 21.7 Å². The summed E-state index contributed by atoms with van der Waals surface area (Å²) < 4.78 is 0. The average molecular weight is 678 g/mol. The number of nitrogens with zero attached hydrogens (tertiary/aromatic N) is 3. The van der Waals surface area contributed by atoms with Gasteiger partial charge in [0.25, 0.3) is 11.8 Å². The zero-order valence-electron chi connectivity index (χ0n) is 28.7. The van der Waals surface area contributed by atoms with Gasteiger partial charge in [0.1, 0.15) is 23.8 Å². The van der Waals surface area contributed by atoms with Crippen LogP contribution >= 0.6 is 0 Å². The summed E-state index contributed by atoms with van der Waals surface area (Å²) in [4.78, 5) is 90.6. The van der Waals surface area contributed by atoms with E-state index >= 15 is 0 Å². The molecule has 1 unspecified atom stereocenters. The molecule has 5 aliphatic rings. The van der Waals surface area contributed by atoms with E-state index in [1.165, 1.54) is 18.6 Å². The minimum atomic E-state index is -1.09. The number of nitrogens with two attached hydrogens (primary N) is 1. The molecular weight excluding hydrogens is 626 g/mol. The Morgan fingerprint density at radius 3 is 2.06 bits per heavy atom. The van der Waals surface area contributed by atoms with Crippen LogP contribution in [0.25, 0.3) is 0 Å². The highest BCUT2D eigenvalue weighted by atomic mass is 16.2. The van der Waals surface area contributed by atoms with Crippen LogP contribution in [0.1, 0.15) is 108 Å². The lowest BCUT2D eigenvalue weighted by Gasteiger charge is -2.38. The molecule has 0 radical (unpaired) electrons. The number of aromatic nitrogens is 2. The van der Waals surface area contributed by atoms with Gasteiger partial charge < -0.3 is 26.6 Å². The first-order chi connectivity index (χ1) is 23.5. The summed E-state index contributed by atoms with van der Waals surface area (Å²) in [5, 5.41) is 8.85. The van der Waals surface area contributed by atoms with Gasteiger partial charge in [0.05, 0.1) is 12.2 Å². The molecule has 2 heterocycles. The van der Waals surface area contributed by atoms with Crippen molar-refractivity contribution in [3.8, 4) is 0 Å². The number of amides is 5. The van der Waals surface area contributed by atoms with E-state index in [2.05, 4.69) is 39.8 Å². The van der Waals surface area contributed by atoms with Gasteiger partial charge in [-0.1, -0.05) is 65.2 Å². The largest absolute Gasteiger partial charge is 0.363 e. The minimum absolute atomic E-state index is 0.0879. The van der Waals surface area contributed by atoms with Crippen molar-refractivity contribution >= 4 is 35.3 Å². The van der Waals surface area contributed by atoms with Gasteiger partial charge >= 0.3 is 0 Å². The van der Waals surface area contributed by atoms with Crippen LogP contribution in [-0.2, 0) is 24.0 Å². The van der Waals surface area contributed by atoms with Gasteiger partial charge in [0, 0.05) is 18.9 Å². The molecule has 5 fully saturated rings. The van der Waals surface area contributed by atoms with Crippen molar-refractivity contribution in [2.45, 2.75) is 121 Å². The van der Waals surface area contributed by atoms with Crippen molar-refractivity contribution in [1.29, 1.82) is 0 Å². The summed E-state index contributed by atoms with van der Waals surface area (Å²) in [6.45, 7) is 4.52. The number of likely N-dealkylation sites (tertiary alicyclic amines) is 1. The summed E-state index contributed by atoms with van der Waals surface area (Å²) in [7, 11) is 0. The third kappa shape index (κ3) is 7.65. The molecule has 5 N–H and O–H groups in total. The highest BCUT2D eigenvalue weighted by Crippen LogP contribution is 2.65. The molecular formula is C36H51N7O6. The molecule has 4 saturated carbocycles. The van der Waals surface area contributed by atoms with Crippen molar-refractivity contribution < 1.29 is 28.8 Å². The fourth-order valence-corrected chi connectivity index (χ4v) is 8.93. The van der Waals surface area contributed by atoms with Crippen LogP contribution in [0.4, 0.5) is 0 Å². The maximum atomic E-state index is 14.7. The molecule has 4 aliphatic carbocycles. The molecule has 0 aromatic carbocycles. The predicted molar refractivity (Wildman–Crippen MR) is 178 cm³/mol. The average Bonchev–Trinajstić information content (AvgIpc) is 3.97. The van der Waals surface area contributed by atoms with Crippen LogP contribution in [0.2, 0.25) is 0 Å². The minimum Gasteiger partial charge on any atom is -0.363 e. The topological polar surface area (TPSA) is 194 Å². The van der Waals surface area contributed by atoms with E-state index in [0.29, 0.717) is 13.0 Å². The molecule has 6 rings (SSSR count). The Balaban J connectivity index is 1.24. The van der Waals surface area contributed by atoms with Gasteiger partial charge in [-0.2, -0.15) is 0 Å². The molecule has 0 spiro atoms. The lowest BCUT2D eigenvalue weighted by Crippen LogP contribution is -2.61. The second-order valence-electron chi connectivity index (χ2n) is 15.7. The van der Waals surface area contributed by atoms with Crippen molar-refractivity contribution in [2.75, 3.05) is 6.54 Å². The standard InChI is InChI=1S/C36H51N7O6/c1-36(2)23-19-43(29(26(23)36)34(48)40-24(17-20-13-14-20)30(44)31(37)45)35(49)28(22-11-7-4-8-12-22)42-33(47)27(21-9-5-3-6-10-21)41-32(46)25-18-38-15-16-39-25/h15-16,18,20-24,26-29H,3-14,17,19H2,1-2H3,(H2,37,45)(H,40,48)(H,41,46)(H,42,47)/t23-,24?,26-,27-,28-,29-/m0/s1. The second kappa shape index (κ2) is 14.5. The molecule has 13 nitrogen and oxygen atoms in total. The Labute approximate surface area is 287 Å². The molecule has 1 saturated heterocycles. The maximum Gasteiger partial charge on any atom is 0.287 e. The normalized spacial score (nSPS) is 26.8. The van der Waals surface area contributed by atoms with E-state index in [9.17, 15) is 28.8 Å². The Bertz CT molecular complexity index is 1440. The number of primary amides is 1. The summed E-state index contributed by atoms with van der Waals surface area (Å²) in [6, 6.07) is -3.61. The quantitative estimate of drug-likeness (QED) is 0.228. The number of nitrogens with one attached hydrogen (secondary N) is 3. The molecule has 266 valence electrons. The van der Waals surface area contributed by atoms with Gasteiger partial charge in [-0.05, 0) is 67.1 Å². The van der Waals surface area contributed by atoms with Crippen molar-refractivity contribution in [1.82, 2.24) is 30.8 Å². The predicted octanol–water partition coefficient (Wildman–Crippen LogP) is 2.04. The fourth-order valence-electron chi connectivity index (χ4n) is 8.93. The molecule has 49 heavy (non-hydrogen) atoms. The van der Waals surface area contributed by atoms with E-state index < -0.39 is 53.6 Å². The second-order valence-corrected chi connectivity index (χ2v) is 15.7. The Hall–Kier alpha value is -3.90. The smallest absolute Gasteiger partial charge is 0.287 e. The molecule has 0 bridgehead atoms. The van der Waals surface area contributed by atoms with Gasteiger partial charge in [-0.15, -0.1) is 0 Å². The number of carbonyl (C=O) groups excluding carboxylic acids is 6. The van der Waals surface area contributed by atoms with E-state index in [4.69, 9.17) is 5.73 Å². The molecule has 1 aliphatic heterocycles.